The molecule has 1 aromatic carbocycles. The summed E-state index contributed by atoms with van der Waals surface area (Å²) in [5.41, 5.74) is 0.943. The second-order valence-electron chi connectivity index (χ2n) is 8.16. The van der Waals surface area contributed by atoms with Gasteiger partial charge in [0.2, 0.25) is 0 Å². The van der Waals surface area contributed by atoms with E-state index < -0.39 is 5.97 Å². The van der Waals surface area contributed by atoms with Crippen LogP contribution in [0.3, 0.4) is 0 Å². The number of hydrogen-bond acceptors (Lipinski definition) is 2. The van der Waals surface area contributed by atoms with Crippen LogP contribution < -0.4 is 0 Å². The molecule has 1 rings (SSSR count). The molecule has 0 aliphatic heterocycles. The molecule has 148 valence electrons. The Balaban J connectivity index is 2.24. The normalized spacial score (nSPS) is 11.7. The molecular weight excluding hydrogens is 326 g/mol. The van der Waals surface area contributed by atoms with E-state index in [0.717, 1.165) is 23.1 Å². The number of nitrogens with zero attached hydrogens (tertiary/aromatic N) is 1. The number of carboxylic acid groups (broad SMARTS) is 1. The molecule has 0 fully saturated rings. The van der Waals surface area contributed by atoms with Gasteiger partial charge in [0, 0.05) is 5.56 Å². The van der Waals surface area contributed by atoms with Crippen molar-refractivity contribution in [3.05, 3.63) is 29.3 Å². The molecule has 0 aromatic heterocycles. The topological polar surface area (TPSA) is 57.5 Å². The van der Waals surface area contributed by atoms with Gasteiger partial charge in [0.1, 0.15) is 17.9 Å². The van der Waals surface area contributed by atoms with Gasteiger partial charge in [-0.1, -0.05) is 58.3 Å². The van der Waals surface area contributed by atoms with Gasteiger partial charge >= 0.3 is 5.97 Å². The lowest BCUT2D eigenvalue weighted by Crippen LogP contribution is -2.39. The van der Waals surface area contributed by atoms with E-state index in [0.29, 0.717) is 0 Å². The number of quaternary nitrogens is 1. The van der Waals surface area contributed by atoms with Crippen molar-refractivity contribution in [2.24, 2.45) is 0 Å². The van der Waals surface area contributed by atoms with Crippen molar-refractivity contribution < 1.29 is 19.5 Å². The molecule has 0 saturated carbocycles. The maximum Gasteiger partial charge on any atom is 0.339 e. The van der Waals surface area contributed by atoms with Crippen LogP contribution in [0.25, 0.3) is 0 Å². The highest BCUT2D eigenvalue weighted by molar-refractivity contribution is 5.90. The van der Waals surface area contributed by atoms with Crippen molar-refractivity contribution >= 4 is 5.97 Å². The molecule has 0 amide bonds. The lowest BCUT2D eigenvalue weighted by atomic mass is 10.1. The van der Waals surface area contributed by atoms with E-state index in [1.807, 2.05) is 6.07 Å². The average Bonchev–Trinajstić information content (AvgIpc) is 2.57. The van der Waals surface area contributed by atoms with Crippen LogP contribution in [-0.4, -0.2) is 41.3 Å². The first-order chi connectivity index (χ1) is 12.4. The first kappa shape index (κ1) is 22.5. The number of benzene rings is 1. The van der Waals surface area contributed by atoms with Gasteiger partial charge in [-0.15, -0.1) is 0 Å². The summed E-state index contributed by atoms with van der Waals surface area (Å²) >= 11 is 0. The molecular formula is C22H38NO3+. The van der Waals surface area contributed by atoms with E-state index in [2.05, 4.69) is 21.0 Å². The summed E-state index contributed by atoms with van der Waals surface area (Å²) in [4.78, 5) is 11.1. The fourth-order valence-corrected chi connectivity index (χ4v) is 3.45. The highest BCUT2D eigenvalue weighted by Gasteiger charge is 2.18. The number of unbranched alkanes of at least 4 members (excludes halogenated alkanes) is 9. The van der Waals surface area contributed by atoms with Crippen LogP contribution in [0.5, 0.6) is 5.75 Å². The summed E-state index contributed by atoms with van der Waals surface area (Å²) in [5.74, 6) is -1.24. The van der Waals surface area contributed by atoms with Crippen LogP contribution in [0.15, 0.2) is 18.2 Å². The van der Waals surface area contributed by atoms with Gasteiger partial charge in [-0.05, 0) is 31.0 Å². The largest absolute Gasteiger partial charge is 0.507 e. The molecule has 26 heavy (non-hydrogen) atoms. The first-order valence-corrected chi connectivity index (χ1v) is 10.2. The van der Waals surface area contributed by atoms with Crippen LogP contribution in [-0.2, 0) is 6.54 Å². The van der Waals surface area contributed by atoms with Gasteiger partial charge < -0.3 is 14.7 Å². The summed E-state index contributed by atoms with van der Waals surface area (Å²) in [6.07, 6.45) is 13.4. The quantitative estimate of drug-likeness (QED) is 0.334. The molecule has 1 aromatic rings. The summed E-state index contributed by atoms with van der Waals surface area (Å²) in [7, 11) is 4.36. The molecule has 4 heteroatoms. The minimum atomic E-state index is -1.08. The lowest BCUT2D eigenvalue weighted by molar-refractivity contribution is -0.903. The molecule has 0 radical (unpaired) electrons. The number of aromatic carboxylic acids is 1. The van der Waals surface area contributed by atoms with Gasteiger partial charge in [-0.3, -0.25) is 0 Å². The number of carboxylic acids is 1. The maximum absolute atomic E-state index is 11.1. The second kappa shape index (κ2) is 11.9. The minimum absolute atomic E-state index is 0.0126. The fourth-order valence-electron chi connectivity index (χ4n) is 3.45. The van der Waals surface area contributed by atoms with E-state index in [4.69, 9.17) is 5.11 Å². The first-order valence-electron chi connectivity index (χ1n) is 10.2. The molecule has 0 unspecified atom stereocenters. The monoisotopic (exact) mass is 364 g/mol. The van der Waals surface area contributed by atoms with Crippen LogP contribution in [0, 0.1) is 0 Å². The number of hydrogen-bond donors (Lipinski definition) is 2. The van der Waals surface area contributed by atoms with Gasteiger partial charge in [-0.25, -0.2) is 4.79 Å². The third-order valence-electron chi connectivity index (χ3n) is 5.02. The zero-order chi connectivity index (χ0) is 19.4. The Morgan fingerprint density at radius 2 is 1.46 bits per heavy atom. The average molecular weight is 365 g/mol. The number of aromatic hydroxyl groups is 1. The van der Waals surface area contributed by atoms with Crippen molar-refractivity contribution in [1.82, 2.24) is 0 Å². The van der Waals surface area contributed by atoms with E-state index in [1.54, 1.807) is 6.07 Å². The Kier molecular flexibility index (Phi) is 10.3. The lowest BCUT2D eigenvalue weighted by Gasteiger charge is -2.30. The van der Waals surface area contributed by atoms with E-state index in [1.165, 1.54) is 70.3 Å². The van der Waals surface area contributed by atoms with Crippen LogP contribution in [0.1, 0.15) is 87.1 Å². The summed E-state index contributed by atoms with van der Waals surface area (Å²) in [6.45, 7) is 4.12. The van der Waals surface area contributed by atoms with Crippen LogP contribution >= 0.6 is 0 Å². The third-order valence-corrected chi connectivity index (χ3v) is 5.02. The molecule has 0 bridgehead atoms. The Bertz CT molecular complexity index is 540. The number of phenols is 1. The molecule has 0 saturated heterocycles. The zero-order valence-corrected chi connectivity index (χ0v) is 17.0. The standard InChI is InChI=1S/C22H37NO3/c1-4-5-6-7-8-9-10-11-12-13-16-23(2,3)18-19-14-15-21(24)20(17-19)22(25)26/h14-15,17H,4-13,16,18H2,1-3H3,(H-,24,25,26)/p+1. The fraction of sp³-hybridized carbons (Fsp3) is 0.682. The highest BCUT2D eigenvalue weighted by atomic mass is 16.4. The Hall–Kier alpha value is -1.55. The van der Waals surface area contributed by atoms with Gasteiger partial charge in [0.15, 0.2) is 0 Å². The Labute approximate surface area is 159 Å². The summed E-state index contributed by atoms with van der Waals surface area (Å²) in [6, 6.07) is 4.90. The van der Waals surface area contributed by atoms with Crippen molar-refractivity contribution in [3.63, 3.8) is 0 Å². The Morgan fingerprint density at radius 1 is 0.923 bits per heavy atom. The van der Waals surface area contributed by atoms with Crippen molar-refractivity contribution in [2.45, 2.75) is 77.7 Å². The summed E-state index contributed by atoms with van der Waals surface area (Å²) < 4.78 is 0.834. The van der Waals surface area contributed by atoms with E-state index in [9.17, 15) is 9.90 Å². The molecule has 2 N–H and O–H groups in total. The molecule has 0 spiro atoms. The van der Waals surface area contributed by atoms with Crippen molar-refractivity contribution in [2.75, 3.05) is 20.6 Å². The summed E-state index contributed by atoms with van der Waals surface area (Å²) in [5, 5.41) is 18.8. The van der Waals surface area contributed by atoms with Gasteiger partial charge in [-0.2, -0.15) is 0 Å². The maximum atomic E-state index is 11.1. The van der Waals surface area contributed by atoms with Gasteiger partial charge in [0.05, 0.1) is 20.6 Å². The van der Waals surface area contributed by atoms with Crippen LogP contribution in [0.4, 0.5) is 0 Å². The van der Waals surface area contributed by atoms with Crippen molar-refractivity contribution in [1.29, 1.82) is 0 Å². The predicted octanol–water partition coefficient (Wildman–Crippen LogP) is 5.59. The van der Waals surface area contributed by atoms with E-state index >= 15 is 0 Å². The zero-order valence-electron chi connectivity index (χ0n) is 17.0. The molecule has 0 heterocycles. The Morgan fingerprint density at radius 3 is 2.00 bits per heavy atom. The van der Waals surface area contributed by atoms with E-state index in [-0.39, 0.29) is 11.3 Å². The minimum Gasteiger partial charge on any atom is -0.507 e. The number of rotatable bonds is 14. The van der Waals surface area contributed by atoms with Gasteiger partial charge in [0.25, 0.3) is 0 Å². The smallest absolute Gasteiger partial charge is 0.339 e. The predicted molar refractivity (Wildman–Crippen MR) is 108 cm³/mol. The number of carbonyl (C=O) groups is 1. The molecule has 0 atom stereocenters. The molecule has 0 aliphatic carbocycles. The molecule has 4 nitrogen and oxygen atoms in total. The highest BCUT2D eigenvalue weighted by Crippen LogP contribution is 2.21. The van der Waals surface area contributed by atoms with Crippen LogP contribution in [0.2, 0.25) is 0 Å². The van der Waals surface area contributed by atoms with Crippen molar-refractivity contribution in [3.8, 4) is 5.75 Å². The molecule has 0 aliphatic rings. The SMILES string of the molecule is CCCCCCCCCCCC[N+](C)(C)Cc1ccc(O)c(C(=O)O)c1. The third kappa shape index (κ3) is 9.23. The second-order valence-corrected chi connectivity index (χ2v) is 8.16.